The lowest BCUT2D eigenvalue weighted by Crippen LogP contribution is -2.28. The highest BCUT2D eigenvalue weighted by molar-refractivity contribution is 5.83. The maximum Gasteiger partial charge on any atom is 0.223 e. The molecule has 0 radical (unpaired) electrons. The van der Waals surface area contributed by atoms with Gasteiger partial charge in [-0.1, -0.05) is 30.7 Å². The molecule has 1 aliphatic heterocycles. The van der Waals surface area contributed by atoms with E-state index in [1.165, 1.54) is 30.4 Å². The molecule has 2 heterocycles. The highest BCUT2D eigenvalue weighted by Crippen LogP contribution is 2.48. The van der Waals surface area contributed by atoms with Crippen molar-refractivity contribution in [3.63, 3.8) is 0 Å². The summed E-state index contributed by atoms with van der Waals surface area (Å²) in [6, 6.07) is 8.39. The second-order valence-electron chi connectivity index (χ2n) is 7.34. The molecule has 0 bridgehead atoms. The number of aromatic nitrogens is 3. The predicted octanol–water partition coefficient (Wildman–Crippen LogP) is 2.78. The smallest absolute Gasteiger partial charge is 0.223 e. The van der Waals surface area contributed by atoms with Crippen LogP contribution in [0.2, 0.25) is 0 Å². The van der Waals surface area contributed by atoms with Gasteiger partial charge >= 0.3 is 0 Å². The third-order valence-electron chi connectivity index (χ3n) is 5.55. The minimum atomic E-state index is 0.136. The Morgan fingerprint density at radius 3 is 3.00 bits per heavy atom. The summed E-state index contributed by atoms with van der Waals surface area (Å²) in [5.74, 6) is 2.84. The van der Waals surface area contributed by atoms with Crippen LogP contribution in [0.25, 0.3) is 0 Å². The number of rotatable bonds is 5. The lowest BCUT2D eigenvalue weighted by Gasteiger charge is -2.08. The van der Waals surface area contributed by atoms with Crippen molar-refractivity contribution in [3.8, 4) is 0 Å². The van der Waals surface area contributed by atoms with E-state index in [9.17, 15) is 4.79 Å². The van der Waals surface area contributed by atoms with Gasteiger partial charge < -0.3 is 9.88 Å². The number of aryl methyl sites for hydroxylation is 2. The summed E-state index contributed by atoms with van der Waals surface area (Å²) in [5, 5.41) is 11.8. The zero-order valence-electron chi connectivity index (χ0n) is 14.9. The molecule has 1 aliphatic carbocycles. The van der Waals surface area contributed by atoms with Crippen molar-refractivity contribution >= 4 is 5.91 Å². The number of hydrogen-bond acceptors (Lipinski definition) is 3. The number of carbonyl (C=O) groups is 1. The van der Waals surface area contributed by atoms with Gasteiger partial charge in [-0.05, 0) is 43.2 Å². The second kappa shape index (κ2) is 6.98. The lowest BCUT2D eigenvalue weighted by molar-refractivity contribution is -0.122. The molecule has 1 N–H and O–H groups in total. The molecule has 25 heavy (non-hydrogen) atoms. The molecular weight excluding hydrogens is 312 g/mol. The van der Waals surface area contributed by atoms with Crippen molar-refractivity contribution in [1.82, 2.24) is 20.1 Å². The fourth-order valence-electron chi connectivity index (χ4n) is 3.99. The fraction of sp³-hybridized carbons (Fsp3) is 0.550. The summed E-state index contributed by atoms with van der Waals surface area (Å²) >= 11 is 0. The van der Waals surface area contributed by atoms with E-state index in [-0.39, 0.29) is 11.8 Å². The van der Waals surface area contributed by atoms with E-state index >= 15 is 0 Å². The monoisotopic (exact) mass is 338 g/mol. The molecule has 2 aromatic rings. The van der Waals surface area contributed by atoms with Crippen LogP contribution in [0.3, 0.4) is 0 Å². The van der Waals surface area contributed by atoms with Crippen LogP contribution in [-0.4, -0.2) is 27.2 Å². The average Bonchev–Trinajstić information content (AvgIpc) is 3.37. The van der Waals surface area contributed by atoms with Gasteiger partial charge in [0.2, 0.25) is 5.91 Å². The molecule has 0 unspecified atom stereocenters. The molecule has 132 valence electrons. The van der Waals surface area contributed by atoms with E-state index in [1.807, 2.05) is 0 Å². The molecule has 2 atom stereocenters. The third-order valence-corrected chi connectivity index (χ3v) is 5.55. The summed E-state index contributed by atoms with van der Waals surface area (Å²) < 4.78 is 2.26. The highest BCUT2D eigenvalue weighted by atomic mass is 16.2. The number of benzene rings is 1. The van der Waals surface area contributed by atoms with Crippen LogP contribution in [0.5, 0.6) is 0 Å². The summed E-state index contributed by atoms with van der Waals surface area (Å²) in [4.78, 5) is 12.4. The second-order valence-corrected chi connectivity index (χ2v) is 7.34. The Labute approximate surface area is 148 Å². The van der Waals surface area contributed by atoms with Gasteiger partial charge in [0.05, 0.1) is 0 Å². The van der Waals surface area contributed by atoms with Gasteiger partial charge in [0.1, 0.15) is 11.6 Å². The number of carbonyl (C=O) groups excluding carboxylic acids is 1. The van der Waals surface area contributed by atoms with Gasteiger partial charge in [-0.25, -0.2) is 0 Å². The van der Waals surface area contributed by atoms with Gasteiger partial charge in [0, 0.05) is 31.8 Å². The molecule has 0 saturated heterocycles. The van der Waals surface area contributed by atoms with E-state index in [0.29, 0.717) is 12.5 Å². The number of hydrogen-bond donors (Lipinski definition) is 1. The van der Waals surface area contributed by atoms with Crippen molar-refractivity contribution in [2.24, 2.45) is 5.92 Å². The van der Waals surface area contributed by atoms with Crippen molar-refractivity contribution in [2.45, 2.75) is 57.9 Å². The fourth-order valence-corrected chi connectivity index (χ4v) is 3.99. The van der Waals surface area contributed by atoms with E-state index in [1.54, 1.807) is 0 Å². The van der Waals surface area contributed by atoms with Gasteiger partial charge in [-0.2, -0.15) is 0 Å². The standard InChI is InChI=1S/C20H26N4O/c1-14-7-4-5-8-15(14)16-13-17(16)20(25)21-11-10-19-23-22-18-9-3-2-6-12-24(18)19/h4-5,7-8,16-17H,2-3,6,9-13H2,1H3,(H,21,25)/t16-,17+/m0/s1. The van der Waals surface area contributed by atoms with Gasteiger partial charge in [0.15, 0.2) is 0 Å². The minimum absolute atomic E-state index is 0.136. The van der Waals surface area contributed by atoms with Gasteiger partial charge in [0.25, 0.3) is 0 Å². The molecule has 1 amide bonds. The van der Waals surface area contributed by atoms with Gasteiger partial charge in [-0.15, -0.1) is 10.2 Å². The average molecular weight is 338 g/mol. The maximum absolute atomic E-state index is 12.4. The van der Waals surface area contributed by atoms with Crippen LogP contribution >= 0.6 is 0 Å². The first-order valence-electron chi connectivity index (χ1n) is 9.48. The van der Waals surface area contributed by atoms with Crippen molar-refractivity contribution in [2.75, 3.05) is 6.54 Å². The van der Waals surface area contributed by atoms with Gasteiger partial charge in [-0.3, -0.25) is 4.79 Å². The number of nitrogens with zero attached hydrogens (tertiary/aromatic N) is 3. The topological polar surface area (TPSA) is 59.8 Å². The Morgan fingerprint density at radius 1 is 1.24 bits per heavy atom. The van der Waals surface area contributed by atoms with E-state index in [4.69, 9.17) is 0 Å². The first kappa shape index (κ1) is 16.3. The largest absolute Gasteiger partial charge is 0.355 e. The summed E-state index contributed by atoms with van der Waals surface area (Å²) in [6.07, 6.45) is 6.43. The predicted molar refractivity (Wildman–Crippen MR) is 96.3 cm³/mol. The third kappa shape index (κ3) is 3.46. The highest BCUT2D eigenvalue weighted by Gasteiger charge is 2.44. The summed E-state index contributed by atoms with van der Waals surface area (Å²) in [5.41, 5.74) is 2.61. The molecule has 0 spiro atoms. The van der Waals surface area contributed by atoms with E-state index in [2.05, 4.69) is 51.3 Å². The van der Waals surface area contributed by atoms with Crippen molar-refractivity contribution in [1.29, 1.82) is 0 Å². The van der Waals surface area contributed by atoms with Crippen molar-refractivity contribution < 1.29 is 4.79 Å². The molecule has 5 nitrogen and oxygen atoms in total. The summed E-state index contributed by atoms with van der Waals surface area (Å²) in [6.45, 7) is 3.79. The Morgan fingerprint density at radius 2 is 2.12 bits per heavy atom. The molecule has 1 fully saturated rings. The Balaban J connectivity index is 1.29. The van der Waals surface area contributed by atoms with Crippen LogP contribution in [0.4, 0.5) is 0 Å². The van der Waals surface area contributed by atoms with Crippen LogP contribution < -0.4 is 5.32 Å². The maximum atomic E-state index is 12.4. The molecule has 1 aromatic carbocycles. The SMILES string of the molecule is Cc1ccccc1[C@@H]1C[C@H]1C(=O)NCCc1nnc2n1CCCCC2. The molecule has 2 aliphatic rings. The molecular formula is C20H26N4O. The quantitative estimate of drug-likeness (QED) is 0.912. The summed E-state index contributed by atoms with van der Waals surface area (Å²) in [7, 11) is 0. The van der Waals surface area contributed by atoms with Crippen LogP contribution in [0.1, 0.15) is 54.4 Å². The lowest BCUT2D eigenvalue weighted by atomic mass is 10.0. The Bertz CT molecular complexity index is 767. The number of fused-ring (bicyclic) bond motifs is 1. The Kier molecular flexibility index (Phi) is 4.55. The molecule has 1 aromatic heterocycles. The molecule has 1 saturated carbocycles. The molecule has 5 heteroatoms. The number of nitrogens with one attached hydrogen (secondary N) is 1. The number of amides is 1. The zero-order chi connectivity index (χ0) is 17.2. The van der Waals surface area contributed by atoms with Crippen LogP contribution in [0, 0.1) is 12.8 Å². The van der Waals surface area contributed by atoms with Crippen LogP contribution in [-0.2, 0) is 24.2 Å². The Hall–Kier alpha value is -2.17. The molecule has 4 rings (SSSR count). The first-order chi connectivity index (χ1) is 12.2. The zero-order valence-corrected chi connectivity index (χ0v) is 14.9. The van der Waals surface area contributed by atoms with E-state index < -0.39 is 0 Å². The minimum Gasteiger partial charge on any atom is -0.355 e. The van der Waals surface area contributed by atoms with E-state index in [0.717, 1.165) is 37.5 Å². The normalized spacial score (nSPS) is 22.1. The van der Waals surface area contributed by atoms with Crippen molar-refractivity contribution in [3.05, 3.63) is 47.0 Å². The first-order valence-corrected chi connectivity index (χ1v) is 9.48. The van der Waals surface area contributed by atoms with Crippen LogP contribution in [0.15, 0.2) is 24.3 Å².